The maximum absolute atomic E-state index is 13.2. The van der Waals surface area contributed by atoms with Crippen molar-refractivity contribution in [3.05, 3.63) is 69.5 Å². The number of thioether (sulfide) groups is 1. The summed E-state index contributed by atoms with van der Waals surface area (Å²) < 4.78 is 1.98. The van der Waals surface area contributed by atoms with Crippen LogP contribution in [0.2, 0.25) is 10.0 Å². The molecular formula is C24H25Cl2N5O2S. The first-order valence-corrected chi connectivity index (χ1v) is 12.8. The van der Waals surface area contributed by atoms with Crippen LogP contribution in [-0.2, 0) is 11.3 Å². The van der Waals surface area contributed by atoms with Gasteiger partial charge in [0.05, 0.1) is 22.4 Å². The molecule has 1 aliphatic rings. The van der Waals surface area contributed by atoms with Crippen molar-refractivity contribution >= 4 is 52.5 Å². The summed E-state index contributed by atoms with van der Waals surface area (Å²) in [7, 11) is 0. The summed E-state index contributed by atoms with van der Waals surface area (Å²) in [4.78, 5) is 27.6. The molecule has 4 rings (SSSR count). The number of likely N-dealkylation sites (tertiary alicyclic amines) is 1. The van der Waals surface area contributed by atoms with Gasteiger partial charge in [-0.2, -0.15) is 0 Å². The number of halogens is 2. The van der Waals surface area contributed by atoms with E-state index in [0.717, 1.165) is 24.2 Å². The number of hydrogen-bond acceptors (Lipinski definition) is 5. The molecule has 1 unspecified atom stereocenters. The molecular weight excluding hydrogens is 493 g/mol. The summed E-state index contributed by atoms with van der Waals surface area (Å²) in [6.07, 6.45) is 1.68. The zero-order chi connectivity index (χ0) is 24.2. The van der Waals surface area contributed by atoms with E-state index < -0.39 is 0 Å². The highest BCUT2D eigenvalue weighted by atomic mass is 35.5. The van der Waals surface area contributed by atoms with Crippen LogP contribution in [0.25, 0.3) is 0 Å². The predicted molar refractivity (Wildman–Crippen MR) is 136 cm³/mol. The molecule has 1 fully saturated rings. The van der Waals surface area contributed by atoms with E-state index in [1.807, 2.05) is 41.5 Å². The number of nitrogens with one attached hydrogen (secondary N) is 1. The van der Waals surface area contributed by atoms with E-state index in [9.17, 15) is 9.59 Å². The van der Waals surface area contributed by atoms with Gasteiger partial charge in [0, 0.05) is 23.8 Å². The first-order chi connectivity index (χ1) is 16.4. The molecule has 2 amide bonds. The van der Waals surface area contributed by atoms with Crippen LogP contribution in [0, 0.1) is 6.92 Å². The second-order valence-electron chi connectivity index (χ2n) is 7.97. The van der Waals surface area contributed by atoms with E-state index in [1.54, 1.807) is 24.3 Å². The number of anilines is 1. The molecule has 3 aromatic rings. The Morgan fingerprint density at radius 2 is 1.88 bits per heavy atom. The molecule has 7 nitrogen and oxygen atoms in total. The van der Waals surface area contributed by atoms with E-state index in [4.69, 9.17) is 23.2 Å². The summed E-state index contributed by atoms with van der Waals surface area (Å²) in [6, 6.07) is 12.3. The Hall–Kier alpha value is -2.55. The van der Waals surface area contributed by atoms with Gasteiger partial charge in [-0.1, -0.05) is 53.2 Å². The Morgan fingerprint density at radius 3 is 2.65 bits per heavy atom. The van der Waals surface area contributed by atoms with Gasteiger partial charge in [-0.3, -0.25) is 9.59 Å². The van der Waals surface area contributed by atoms with Gasteiger partial charge in [-0.05, 0) is 56.5 Å². The third kappa shape index (κ3) is 5.09. The van der Waals surface area contributed by atoms with Gasteiger partial charge in [-0.15, -0.1) is 10.2 Å². The molecule has 0 bridgehead atoms. The number of aromatic nitrogens is 3. The maximum atomic E-state index is 13.2. The number of carbonyl (C=O) groups is 2. The first-order valence-electron chi connectivity index (χ1n) is 11.1. The number of nitrogens with zero attached hydrogens (tertiary/aromatic N) is 4. The lowest BCUT2D eigenvalue weighted by atomic mass is 10.1. The fourth-order valence-electron chi connectivity index (χ4n) is 4.08. The van der Waals surface area contributed by atoms with Crippen LogP contribution in [0.4, 0.5) is 5.69 Å². The lowest BCUT2D eigenvalue weighted by Gasteiger charge is -2.25. The number of benzene rings is 2. The molecule has 2 heterocycles. The van der Waals surface area contributed by atoms with E-state index in [-0.39, 0.29) is 23.6 Å². The van der Waals surface area contributed by atoms with Crippen LogP contribution < -0.4 is 5.32 Å². The molecule has 0 aliphatic carbocycles. The summed E-state index contributed by atoms with van der Waals surface area (Å²) in [5.41, 5.74) is 2.00. The predicted octanol–water partition coefficient (Wildman–Crippen LogP) is 5.62. The average Bonchev–Trinajstić information content (AvgIpc) is 3.47. The zero-order valence-electron chi connectivity index (χ0n) is 18.9. The molecule has 1 N–H and O–H groups in total. The number of amides is 2. The summed E-state index contributed by atoms with van der Waals surface area (Å²) in [5, 5.41) is 13.3. The number of carbonyl (C=O) groups excluding carboxylic acids is 2. The molecule has 2 aromatic carbocycles. The highest BCUT2D eigenvalue weighted by Crippen LogP contribution is 2.35. The topological polar surface area (TPSA) is 80.1 Å². The fourth-order valence-corrected chi connectivity index (χ4v) is 5.28. The largest absolute Gasteiger partial charge is 0.328 e. The Morgan fingerprint density at radius 1 is 1.12 bits per heavy atom. The minimum atomic E-state index is -0.187. The Kier molecular flexibility index (Phi) is 7.80. The highest BCUT2D eigenvalue weighted by Gasteiger charge is 2.35. The van der Waals surface area contributed by atoms with Crippen molar-refractivity contribution < 1.29 is 9.59 Å². The molecule has 1 atom stereocenters. The molecule has 34 heavy (non-hydrogen) atoms. The van der Waals surface area contributed by atoms with Crippen molar-refractivity contribution in [3.8, 4) is 0 Å². The Bertz CT molecular complexity index is 1220. The molecule has 1 saturated heterocycles. The second-order valence-corrected chi connectivity index (χ2v) is 9.73. The van der Waals surface area contributed by atoms with Crippen LogP contribution in [0.5, 0.6) is 0 Å². The van der Waals surface area contributed by atoms with Gasteiger partial charge >= 0.3 is 0 Å². The van der Waals surface area contributed by atoms with E-state index in [0.29, 0.717) is 39.5 Å². The third-order valence-corrected chi connectivity index (χ3v) is 7.56. The quantitative estimate of drug-likeness (QED) is 0.411. The van der Waals surface area contributed by atoms with Gasteiger partial charge in [0.1, 0.15) is 0 Å². The second kappa shape index (κ2) is 10.8. The average molecular weight is 518 g/mol. The SMILES string of the molecule is CCn1c(SCC(=O)Nc2cccc(Cl)c2C)nnc1C1CCCN1C(=O)c1ccccc1Cl. The molecule has 0 spiro atoms. The van der Waals surface area contributed by atoms with Crippen molar-refractivity contribution in [2.45, 2.75) is 44.4 Å². The van der Waals surface area contributed by atoms with Crippen LogP contribution in [0.1, 0.15) is 47.6 Å². The summed E-state index contributed by atoms with van der Waals surface area (Å²) in [5.74, 6) is 0.647. The van der Waals surface area contributed by atoms with Gasteiger partial charge in [0.15, 0.2) is 11.0 Å². The van der Waals surface area contributed by atoms with E-state index >= 15 is 0 Å². The maximum Gasteiger partial charge on any atom is 0.255 e. The molecule has 178 valence electrons. The molecule has 1 aliphatic heterocycles. The van der Waals surface area contributed by atoms with E-state index in [1.165, 1.54) is 11.8 Å². The summed E-state index contributed by atoms with van der Waals surface area (Å²) in [6.45, 7) is 5.13. The van der Waals surface area contributed by atoms with E-state index in [2.05, 4.69) is 15.5 Å². The monoisotopic (exact) mass is 517 g/mol. The highest BCUT2D eigenvalue weighted by molar-refractivity contribution is 7.99. The third-order valence-electron chi connectivity index (χ3n) is 5.85. The molecule has 1 aromatic heterocycles. The Balaban J connectivity index is 1.47. The molecule has 0 radical (unpaired) electrons. The first kappa shape index (κ1) is 24.6. The smallest absolute Gasteiger partial charge is 0.255 e. The van der Waals surface area contributed by atoms with Crippen LogP contribution in [0.15, 0.2) is 47.6 Å². The normalized spacial score (nSPS) is 15.5. The van der Waals surface area contributed by atoms with Crippen molar-refractivity contribution in [1.82, 2.24) is 19.7 Å². The zero-order valence-corrected chi connectivity index (χ0v) is 21.3. The van der Waals surface area contributed by atoms with Gasteiger partial charge in [0.25, 0.3) is 5.91 Å². The van der Waals surface area contributed by atoms with Gasteiger partial charge in [0.2, 0.25) is 5.91 Å². The van der Waals surface area contributed by atoms with Gasteiger partial charge in [-0.25, -0.2) is 0 Å². The summed E-state index contributed by atoms with van der Waals surface area (Å²) >= 11 is 13.7. The number of rotatable bonds is 7. The van der Waals surface area contributed by atoms with Crippen molar-refractivity contribution in [2.24, 2.45) is 0 Å². The van der Waals surface area contributed by atoms with Crippen LogP contribution in [-0.4, -0.2) is 43.8 Å². The molecule has 0 saturated carbocycles. The lowest BCUT2D eigenvalue weighted by Crippen LogP contribution is -2.32. The minimum Gasteiger partial charge on any atom is -0.328 e. The standard InChI is InChI=1S/C24H25Cl2N5O2S/c1-3-30-22(20-12-7-13-31(20)23(33)16-8-4-5-9-18(16)26)28-29-24(30)34-14-21(32)27-19-11-6-10-17(25)15(19)2/h4-6,8-11,20H,3,7,12-14H2,1-2H3,(H,27,32). The van der Waals surface area contributed by atoms with Crippen molar-refractivity contribution in [2.75, 3.05) is 17.6 Å². The Labute approximate surface area is 212 Å². The molecule has 10 heteroatoms. The van der Waals surface area contributed by atoms with Crippen molar-refractivity contribution in [3.63, 3.8) is 0 Å². The minimum absolute atomic E-state index is 0.107. The van der Waals surface area contributed by atoms with Crippen LogP contribution in [0.3, 0.4) is 0 Å². The number of hydrogen-bond donors (Lipinski definition) is 1. The van der Waals surface area contributed by atoms with Crippen LogP contribution >= 0.6 is 35.0 Å². The van der Waals surface area contributed by atoms with Crippen molar-refractivity contribution in [1.29, 1.82) is 0 Å². The fraction of sp³-hybridized carbons (Fsp3) is 0.333. The van der Waals surface area contributed by atoms with Gasteiger partial charge < -0.3 is 14.8 Å². The lowest BCUT2D eigenvalue weighted by molar-refractivity contribution is -0.113.